The van der Waals surface area contributed by atoms with E-state index in [4.69, 9.17) is 0 Å². The number of amides is 1. The SMILES string of the molecule is C[C@@H](O)c1cccc(F)c1N1CCNC(=O)CC1. The Morgan fingerprint density at radius 3 is 2.94 bits per heavy atom. The van der Waals surface area contributed by atoms with E-state index < -0.39 is 6.10 Å². The van der Waals surface area contributed by atoms with Crippen molar-refractivity contribution in [3.8, 4) is 0 Å². The van der Waals surface area contributed by atoms with Crippen molar-refractivity contribution in [2.24, 2.45) is 0 Å². The summed E-state index contributed by atoms with van der Waals surface area (Å²) in [6.07, 6.45) is -0.393. The number of benzene rings is 1. The summed E-state index contributed by atoms with van der Waals surface area (Å²) >= 11 is 0. The smallest absolute Gasteiger partial charge is 0.221 e. The van der Waals surface area contributed by atoms with Gasteiger partial charge in [-0.05, 0) is 13.0 Å². The summed E-state index contributed by atoms with van der Waals surface area (Å²) in [5.74, 6) is -0.379. The highest BCUT2D eigenvalue weighted by atomic mass is 19.1. The average Bonchev–Trinajstić information content (AvgIpc) is 2.53. The highest BCUT2D eigenvalue weighted by Crippen LogP contribution is 2.29. The second-order valence-electron chi connectivity index (χ2n) is 4.44. The second-order valence-corrected chi connectivity index (χ2v) is 4.44. The van der Waals surface area contributed by atoms with Crippen LogP contribution in [0.25, 0.3) is 0 Å². The third-order valence-corrected chi connectivity index (χ3v) is 3.10. The lowest BCUT2D eigenvalue weighted by Gasteiger charge is -2.26. The van der Waals surface area contributed by atoms with Gasteiger partial charge in [-0.15, -0.1) is 0 Å². The zero-order valence-electron chi connectivity index (χ0n) is 10.3. The van der Waals surface area contributed by atoms with Crippen molar-refractivity contribution in [1.82, 2.24) is 5.32 Å². The number of rotatable bonds is 2. The van der Waals surface area contributed by atoms with Crippen molar-refractivity contribution in [2.75, 3.05) is 24.5 Å². The molecule has 0 aliphatic carbocycles. The second kappa shape index (κ2) is 5.35. The van der Waals surface area contributed by atoms with Gasteiger partial charge in [0, 0.05) is 31.6 Å². The predicted octanol–water partition coefficient (Wildman–Crippen LogP) is 1.21. The average molecular weight is 252 g/mol. The molecule has 98 valence electrons. The summed E-state index contributed by atoms with van der Waals surface area (Å²) in [5.41, 5.74) is 0.966. The Hall–Kier alpha value is -1.62. The largest absolute Gasteiger partial charge is 0.389 e. The molecule has 18 heavy (non-hydrogen) atoms. The molecule has 1 amide bonds. The van der Waals surface area contributed by atoms with Gasteiger partial charge in [-0.1, -0.05) is 12.1 Å². The quantitative estimate of drug-likeness (QED) is 0.831. The monoisotopic (exact) mass is 252 g/mol. The van der Waals surface area contributed by atoms with E-state index >= 15 is 0 Å². The van der Waals surface area contributed by atoms with Crippen LogP contribution >= 0.6 is 0 Å². The number of aliphatic hydroxyl groups excluding tert-OH is 1. The van der Waals surface area contributed by atoms with Crippen molar-refractivity contribution in [1.29, 1.82) is 0 Å². The predicted molar refractivity (Wildman–Crippen MR) is 66.9 cm³/mol. The summed E-state index contributed by atoms with van der Waals surface area (Å²) in [4.78, 5) is 13.1. The van der Waals surface area contributed by atoms with E-state index in [1.807, 2.05) is 4.90 Å². The summed E-state index contributed by atoms with van der Waals surface area (Å²) in [6, 6.07) is 4.67. The molecule has 1 heterocycles. The van der Waals surface area contributed by atoms with E-state index in [1.54, 1.807) is 19.1 Å². The zero-order chi connectivity index (χ0) is 13.1. The molecule has 1 aromatic carbocycles. The molecule has 5 heteroatoms. The molecule has 1 atom stereocenters. The van der Waals surface area contributed by atoms with Crippen LogP contribution in [0.2, 0.25) is 0 Å². The number of carbonyl (C=O) groups is 1. The van der Waals surface area contributed by atoms with Gasteiger partial charge in [0.15, 0.2) is 0 Å². The van der Waals surface area contributed by atoms with Crippen molar-refractivity contribution in [3.63, 3.8) is 0 Å². The fourth-order valence-electron chi connectivity index (χ4n) is 2.19. The first-order valence-electron chi connectivity index (χ1n) is 6.07. The van der Waals surface area contributed by atoms with Gasteiger partial charge in [-0.25, -0.2) is 4.39 Å². The lowest BCUT2D eigenvalue weighted by atomic mass is 10.1. The molecule has 0 saturated carbocycles. The first-order chi connectivity index (χ1) is 8.59. The van der Waals surface area contributed by atoms with Crippen LogP contribution in [0.4, 0.5) is 10.1 Å². The van der Waals surface area contributed by atoms with Gasteiger partial charge >= 0.3 is 0 Å². The molecular formula is C13H17FN2O2. The molecular weight excluding hydrogens is 235 g/mol. The molecule has 0 aromatic heterocycles. The van der Waals surface area contributed by atoms with Crippen LogP contribution < -0.4 is 10.2 Å². The highest BCUT2D eigenvalue weighted by molar-refractivity contribution is 5.77. The topological polar surface area (TPSA) is 52.6 Å². The fourth-order valence-corrected chi connectivity index (χ4v) is 2.19. The first kappa shape index (κ1) is 12.8. The van der Waals surface area contributed by atoms with Gasteiger partial charge in [-0.2, -0.15) is 0 Å². The van der Waals surface area contributed by atoms with Crippen LogP contribution in [0.1, 0.15) is 25.0 Å². The van der Waals surface area contributed by atoms with E-state index in [0.29, 0.717) is 37.3 Å². The zero-order valence-corrected chi connectivity index (χ0v) is 10.3. The number of aliphatic hydroxyl groups is 1. The van der Waals surface area contributed by atoms with Gasteiger partial charge in [0.1, 0.15) is 5.82 Å². The maximum absolute atomic E-state index is 14.0. The van der Waals surface area contributed by atoms with Crippen LogP contribution in [0.15, 0.2) is 18.2 Å². The molecule has 0 radical (unpaired) electrons. The molecule has 1 aliphatic heterocycles. The van der Waals surface area contributed by atoms with E-state index in [9.17, 15) is 14.3 Å². The van der Waals surface area contributed by atoms with Crippen molar-refractivity contribution in [2.45, 2.75) is 19.4 Å². The maximum Gasteiger partial charge on any atom is 0.221 e. The van der Waals surface area contributed by atoms with Crippen LogP contribution in [0.5, 0.6) is 0 Å². The molecule has 0 bridgehead atoms. The van der Waals surface area contributed by atoms with Crippen LogP contribution in [-0.2, 0) is 4.79 Å². The Balaban J connectivity index is 2.34. The lowest BCUT2D eigenvalue weighted by Crippen LogP contribution is -2.30. The summed E-state index contributed by atoms with van der Waals surface area (Å²) in [7, 11) is 0. The van der Waals surface area contributed by atoms with Gasteiger partial charge in [0.2, 0.25) is 5.91 Å². The summed E-state index contributed by atoms with van der Waals surface area (Å²) in [5, 5.41) is 12.5. The Bertz CT molecular complexity index is 449. The van der Waals surface area contributed by atoms with Crippen molar-refractivity contribution < 1.29 is 14.3 Å². The molecule has 1 saturated heterocycles. The van der Waals surface area contributed by atoms with Gasteiger partial charge in [0.25, 0.3) is 0 Å². The van der Waals surface area contributed by atoms with Crippen LogP contribution in [0, 0.1) is 5.82 Å². The number of hydrogen-bond donors (Lipinski definition) is 2. The molecule has 4 nitrogen and oxygen atoms in total. The van der Waals surface area contributed by atoms with E-state index in [0.717, 1.165) is 0 Å². The van der Waals surface area contributed by atoms with Gasteiger partial charge in [-0.3, -0.25) is 4.79 Å². The first-order valence-corrected chi connectivity index (χ1v) is 6.07. The maximum atomic E-state index is 14.0. The fraction of sp³-hybridized carbons (Fsp3) is 0.462. The van der Waals surface area contributed by atoms with Crippen LogP contribution in [-0.4, -0.2) is 30.6 Å². The minimum Gasteiger partial charge on any atom is -0.389 e. The standard InChI is InChI=1S/C13H17FN2O2/c1-9(17)10-3-2-4-11(14)13(10)16-7-5-12(18)15-6-8-16/h2-4,9,17H,5-8H2,1H3,(H,15,18)/t9-/m1/s1. The molecule has 0 spiro atoms. The molecule has 1 aliphatic rings. The highest BCUT2D eigenvalue weighted by Gasteiger charge is 2.21. The number of nitrogens with one attached hydrogen (secondary N) is 1. The van der Waals surface area contributed by atoms with E-state index in [1.165, 1.54) is 6.07 Å². The normalized spacial score (nSPS) is 18.2. The lowest BCUT2D eigenvalue weighted by molar-refractivity contribution is -0.120. The Kier molecular flexibility index (Phi) is 3.81. The van der Waals surface area contributed by atoms with Crippen LogP contribution in [0.3, 0.4) is 0 Å². The molecule has 2 rings (SSSR count). The Morgan fingerprint density at radius 1 is 1.44 bits per heavy atom. The molecule has 0 unspecified atom stereocenters. The van der Waals surface area contributed by atoms with E-state index in [2.05, 4.69) is 5.32 Å². The van der Waals surface area contributed by atoms with Gasteiger partial charge < -0.3 is 15.3 Å². The minimum atomic E-state index is -0.734. The third-order valence-electron chi connectivity index (χ3n) is 3.10. The summed E-state index contributed by atoms with van der Waals surface area (Å²) in [6.45, 7) is 3.12. The minimum absolute atomic E-state index is 0.0209. The Labute approximate surface area is 105 Å². The third kappa shape index (κ3) is 2.61. The number of halogens is 1. The van der Waals surface area contributed by atoms with E-state index in [-0.39, 0.29) is 11.7 Å². The van der Waals surface area contributed by atoms with Crippen molar-refractivity contribution >= 4 is 11.6 Å². The number of carbonyl (C=O) groups excluding carboxylic acids is 1. The number of hydrogen-bond acceptors (Lipinski definition) is 3. The number of nitrogens with zero attached hydrogens (tertiary/aromatic N) is 1. The van der Waals surface area contributed by atoms with Gasteiger partial charge in [0.05, 0.1) is 11.8 Å². The Morgan fingerprint density at radius 2 is 2.22 bits per heavy atom. The molecule has 1 fully saturated rings. The number of para-hydroxylation sites is 1. The molecule has 1 aromatic rings. The number of anilines is 1. The van der Waals surface area contributed by atoms with Crippen molar-refractivity contribution in [3.05, 3.63) is 29.6 Å². The summed E-state index contributed by atoms with van der Waals surface area (Å²) < 4.78 is 14.0. The molecule has 2 N–H and O–H groups in total.